The largest absolute Gasteiger partial charge is 0.496 e. The molecule has 0 amide bonds. The Labute approximate surface area is 109 Å². The molecule has 0 heterocycles. The number of aryl methyl sites for hydroxylation is 1. The molecule has 3 nitrogen and oxygen atoms in total. The second-order valence-corrected chi connectivity index (χ2v) is 5.37. The summed E-state index contributed by atoms with van der Waals surface area (Å²) in [5, 5.41) is 9.46. The Hall–Kier alpha value is -1.51. The van der Waals surface area contributed by atoms with Crippen LogP contribution in [0.3, 0.4) is 0 Å². The van der Waals surface area contributed by atoms with Gasteiger partial charge in [-0.25, -0.2) is 0 Å². The first-order chi connectivity index (χ1) is 8.31. The highest BCUT2D eigenvalue weighted by molar-refractivity contribution is 5.75. The zero-order valence-electron chi connectivity index (χ0n) is 11.8. The van der Waals surface area contributed by atoms with Gasteiger partial charge in [0.2, 0.25) is 0 Å². The Balaban J connectivity index is 3.15. The average Bonchev–Trinajstić information content (AvgIpc) is 2.28. The minimum atomic E-state index is -0.777. The quantitative estimate of drug-likeness (QED) is 0.872. The molecule has 3 heteroatoms. The summed E-state index contributed by atoms with van der Waals surface area (Å²) in [5.41, 5.74) is 1.29. The first-order valence-electron chi connectivity index (χ1n) is 6.18. The smallest absolute Gasteiger partial charge is 0.309 e. The topological polar surface area (TPSA) is 46.5 Å². The van der Waals surface area contributed by atoms with Crippen LogP contribution in [0.5, 0.6) is 5.75 Å². The van der Waals surface area contributed by atoms with E-state index in [1.165, 1.54) is 0 Å². The van der Waals surface area contributed by atoms with Gasteiger partial charge in [-0.2, -0.15) is 0 Å². The molecule has 1 atom stereocenters. The summed E-state index contributed by atoms with van der Waals surface area (Å²) in [5.74, 6) is 0.0509. The van der Waals surface area contributed by atoms with E-state index in [1.54, 1.807) is 14.0 Å². The Morgan fingerprint density at radius 2 is 2.06 bits per heavy atom. The maximum absolute atomic E-state index is 11.5. The maximum Gasteiger partial charge on any atom is 0.309 e. The van der Waals surface area contributed by atoms with Gasteiger partial charge < -0.3 is 9.84 Å². The van der Waals surface area contributed by atoms with Crippen molar-refractivity contribution in [2.75, 3.05) is 7.11 Å². The lowest BCUT2D eigenvalue weighted by Crippen LogP contribution is -2.35. The highest BCUT2D eigenvalue weighted by atomic mass is 16.5. The number of carbonyl (C=O) groups is 1. The molecule has 1 rings (SSSR count). The normalized spacial score (nSPS) is 14.3. The molecule has 0 saturated carbocycles. The number of hydrogen-bond acceptors (Lipinski definition) is 2. The molecule has 18 heavy (non-hydrogen) atoms. The number of aliphatic carboxylic acids is 1. The van der Waals surface area contributed by atoms with E-state index >= 15 is 0 Å². The molecule has 0 radical (unpaired) electrons. The van der Waals surface area contributed by atoms with Gasteiger partial charge in [0.15, 0.2) is 0 Å². The van der Waals surface area contributed by atoms with Crippen LogP contribution in [0, 0.1) is 18.3 Å². The molecule has 1 aromatic rings. The molecule has 1 N–H and O–H groups in total. The zero-order chi connectivity index (χ0) is 13.9. The molecule has 0 spiro atoms. The summed E-state index contributed by atoms with van der Waals surface area (Å²) in [6.45, 7) is 7.67. The van der Waals surface area contributed by atoms with E-state index in [0.29, 0.717) is 6.42 Å². The van der Waals surface area contributed by atoms with E-state index in [1.807, 2.05) is 39.0 Å². The Kier molecular flexibility index (Phi) is 4.38. The maximum atomic E-state index is 11.5. The van der Waals surface area contributed by atoms with Gasteiger partial charge in [-0.1, -0.05) is 31.5 Å². The third kappa shape index (κ3) is 2.84. The fourth-order valence-electron chi connectivity index (χ4n) is 1.97. The summed E-state index contributed by atoms with van der Waals surface area (Å²) in [7, 11) is 1.61. The third-order valence-electron chi connectivity index (χ3n) is 3.76. The van der Waals surface area contributed by atoms with Gasteiger partial charge in [0.25, 0.3) is 0 Å². The van der Waals surface area contributed by atoms with Gasteiger partial charge in [-0.05, 0) is 37.8 Å². The summed E-state index contributed by atoms with van der Waals surface area (Å²) in [6, 6.07) is 5.87. The van der Waals surface area contributed by atoms with Crippen LogP contribution < -0.4 is 4.74 Å². The van der Waals surface area contributed by atoms with Crippen molar-refractivity contribution in [3.63, 3.8) is 0 Å². The minimum Gasteiger partial charge on any atom is -0.496 e. The number of benzene rings is 1. The second kappa shape index (κ2) is 5.42. The number of methoxy groups -OCH3 is 1. The average molecular weight is 250 g/mol. The van der Waals surface area contributed by atoms with Crippen LogP contribution in [0.2, 0.25) is 0 Å². The van der Waals surface area contributed by atoms with Gasteiger partial charge >= 0.3 is 5.97 Å². The number of carboxylic acids is 1. The van der Waals surface area contributed by atoms with E-state index in [0.717, 1.165) is 16.9 Å². The second-order valence-electron chi connectivity index (χ2n) is 5.37. The number of hydrogen-bond donors (Lipinski definition) is 1. The Bertz CT molecular complexity index is 437. The predicted octanol–water partition coefficient (Wildman–Crippen LogP) is 3.29. The first kappa shape index (κ1) is 14.6. The van der Waals surface area contributed by atoms with Crippen LogP contribution in [-0.2, 0) is 11.2 Å². The van der Waals surface area contributed by atoms with Crippen molar-refractivity contribution in [1.29, 1.82) is 0 Å². The summed E-state index contributed by atoms with van der Waals surface area (Å²) in [4.78, 5) is 11.5. The lowest BCUT2D eigenvalue weighted by Gasteiger charge is -2.29. The van der Waals surface area contributed by atoms with Gasteiger partial charge in [0.1, 0.15) is 5.75 Å². The molecule has 0 saturated heterocycles. The highest BCUT2D eigenvalue weighted by Gasteiger charge is 2.37. The Morgan fingerprint density at radius 1 is 1.44 bits per heavy atom. The molecule has 1 unspecified atom stereocenters. The van der Waals surface area contributed by atoms with Gasteiger partial charge in [-0.15, -0.1) is 0 Å². The van der Waals surface area contributed by atoms with Crippen molar-refractivity contribution in [2.24, 2.45) is 11.3 Å². The molecule has 0 bridgehead atoms. The van der Waals surface area contributed by atoms with E-state index < -0.39 is 11.4 Å². The van der Waals surface area contributed by atoms with Gasteiger partial charge in [0.05, 0.1) is 12.5 Å². The van der Waals surface area contributed by atoms with Gasteiger partial charge in [-0.3, -0.25) is 4.79 Å². The third-order valence-corrected chi connectivity index (χ3v) is 3.76. The van der Waals surface area contributed by atoms with Crippen molar-refractivity contribution in [3.05, 3.63) is 29.3 Å². The molecular weight excluding hydrogens is 228 g/mol. The van der Waals surface area contributed by atoms with Crippen LogP contribution in [0.25, 0.3) is 0 Å². The summed E-state index contributed by atoms with van der Waals surface area (Å²) in [6.07, 6.45) is 0.477. The van der Waals surface area contributed by atoms with Crippen molar-refractivity contribution in [1.82, 2.24) is 0 Å². The molecule has 0 fully saturated rings. The lowest BCUT2D eigenvalue weighted by molar-refractivity contribution is -0.150. The fraction of sp³-hybridized carbons (Fsp3) is 0.533. The van der Waals surface area contributed by atoms with Crippen molar-refractivity contribution in [3.8, 4) is 5.75 Å². The minimum absolute atomic E-state index is 0.0558. The molecule has 0 aliphatic heterocycles. The zero-order valence-corrected chi connectivity index (χ0v) is 11.8. The van der Waals surface area contributed by atoms with Crippen molar-refractivity contribution >= 4 is 5.97 Å². The number of rotatable bonds is 5. The van der Waals surface area contributed by atoms with Gasteiger partial charge in [0, 0.05) is 0 Å². The molecule has 0 aromatic heterocycles. The van der Waals surface area contributed by atoms with Crippen LogP contribution in [0.15, 0.2) is 18.2 Å². The molecule has 0 aliphatic carbocycles. The predicted molar refractivity (Wildman–Crippen MR) is 72.0 cm³/mol. The van der Waals surface area contributed by atoms with Crippen molar-refractivity contribution < 1.29 is 14.6 Å². The SMILES string of the molecule is COc1ccc(C)cc1CC(C)(C(=O)O)C(C)C. The lowest BCUT2D eigenvalue weighted by atomic mass is 9.74. The van der Waals surface area contributed by atoms with Crippen LogP contribution in [0.4, 0.5) is 0 Å². The Morgan fingerprint density at radius 3 is 2.50 bits per heavy atom. The highest BCUT2D eigenvalue weighted by Crippen LogP contribution is 2.35. The van der Waals surface area contributed by atoms with Crippen molar-refractivity contribution in [2.45, 2.75) is 34.1 Å². The summed E-state index contributed by atoms with van der Waals surface area (Å²) < 4.78 is 5.31. The van der Waals surface area contributed by atoms with E-state index in [-0.39, 0.29) is 5.92 Å². The van der Waals surface area contributed by atoms with E-state index in [9.17, 15) is 9.90 Å². The van der Waals surface area contributed by atoms with Crippen LogP contribution in [-0.4, -0.2) is 18.2 Å². The first-order valence-corrected chi connectivity index (χ1v) is 6.18. The van der Waals surface area contributed by atoms with Crippen LogP contribution in [0.1, 0.15) is 31.9 Å². The van der Waals surface area contributed by atoms with E-state index in [4.69, 9.17) is 4.74 Å². The van der Waals surface area contributed by atoms with Crippen LogP contribution >= 0.6 is 0 Å². The van der Waals surface area contributed by atoms with E-state index in [2.05, 4.69) is 0 Å². The molecule has 0 aliphatic rings. The number of carboxylic acid groups (broad SMARTS) is 1. The summed E-state index contributed by atoms with van der Waals surface area (Å²) >= 11 is 0. The molecule has 100 valence electrons. The monoisotopic (exact) mass is 250 g/mol. The number of ether oxygens (including phenoxy) is 1. The molecule has 1 aromatic carbocycles. The standard InChI is InChI=1S/C15H22O3/c1-10(2)15(4,14(16)17)9-12-8-11(3)6-7-13(12)18-5/h6-8,10H,9H2,1-5H3,(H,16,17). The fourth-order valence-corrected chi connectivity index (χ4v) is 1.97. The molecular formula is C15H22O3.